The topological polar surface area (TPSA) is 76.2 Å². The molecule has 2 atom stereocenters. The Kier molecular flexibility index (Phi) is 6.21. The predicted octanol–water partition coefficient (Wildman–Crippen LogP) is 4.44. The van der Waals surface area contributed by atoms with Crippen molar-refractivity contribution in [2.75, 3.05) is 26.1 Å². The first-order valence-corrected chi connectivity index (χ1v) is 9.24. The maximum Gasteiger partial charge on any atom is 0.398 e. The molecule has 0 aliphatic rings. The molecule has 2 aromatic heterocycles. The van der Waals surface area contributed by atoms with E-state index in [1.165, 1.54) is 44.7 Å². The van der Waals surface area contributed by atoms with Gasteiger partial charge in [-0.15, -0.1) is 0 Å². The minimum absolute atomic E-state index is 0.0820. The molecule has 1 aromatic carbocycles. The van der Waals surface area contributed by atoms with Gasteiger partial charge < -0.3 is 19.8 Å². The summed E-state index contributed by atoms with van der Waals surface area (Å²) in [7, 11) is 2.53. The van der Waals surface area contributed by atoms with Gasteiger partial charge in [0, 0.05) is 36.5 Å². The molecule has 0 bridgehead atoms. The van der Waals surface area contributed by atoms with E-state index in [1.807, 2.05) is 0 Å². The summed E-state index contributed by atoms with van der Waals surface area (Å²) in [6.45, 7) is 0.354. The average Bonchev–Trinajstić information content (AvgIpc) is 2.70. The van der Waals surface area contributed by atoms with Gasteiger partial charge in [-0.1, -0.05) is 0 Å². The summed E-state index contributed by atoms with van der Waals surface area (Å²) in [6.07, 6.45) is -3.36. The highest BCUT2D eigenvalue weighted by Gasteiger charge is 2.56. The van der Waals surface area contributed by atoms with E-state index in [4.69, 9.17) is 9.47 Å². The van der Waals surface area contributed by atoms with Crippen LogP contribution in [0.1, 0.15) is 18.5 Å². The predicted molar refractivity (Wildman–Crippen MR) is 108 cm³/mol. The molecule has 10 heteroatoms. The zero-order valence-electron chi connectivity index (χ0n) is 17.0. The van der Waals surface area contributed by atoms with E-state index < -0.39 is 35.6 Å². The molecule has 2 heterocycles. The smallest absolute Gasteiger partial charge is 0.398 e. The van der Waals surface area contributed by atoms with Gasteiger partial charge in [-0.25, -0.2) is 9.37 Å². The zero-order valence-corrected chi connectivity index (χ0v) is 17.0. The summed E-state index contributed by atoms with van der Waals surface area (Å²) >= 11 is 0. The number of benzene rings is 1. The van der Waals surface area contributed by atoms with Crippen molar-refractivity contribution >= 4 is 16.6 Å². The highest BCUT2D eigenvalue weighted by atomic mass is 19.4. The molecule has 0 saturated heterocycles. The largest absolute Gasteiger partial charge is 0.481 e. The molecule has 0 aliphatic carbocycles. The van der Waals surface area contributed by atoms with Crippen molar-refractivity contribution in [2.45, 2.75) is 19.1 Å². The van der Waals surface area contributed by atoms with E-state index in [-0.39, 0.29) is 22.6 Å². The maximum absolute atomic E-state index is 14.3. The number of halogens is 4. The Morgan fingerprint density at radius 3 is 2.55 bits per heavy atom. The van der Waals surface area contributed by atoms with Gasteiger partial charge in [-0.05, 0) is 36.8 Å². The summed E-state index contributed by atoms with van der Waals surface area (Å²) in [6, 6.07) is 6.21. The lowest BCUT2D eigenvalue weighted by atomic mass is 9.78. The Bertz CT molecular complexity index is 1130. The van der Waals surface area contributed by atoms with Crippen molar-refractivity contribution in [2.24, 2.45) is 5.41 Å². The van der Waals surface area contributed by atoms with Crippen molar-refractivity contribution in [1.29, 1.82) is 0 Å². The van der Waals surface area contributed by atoms with E-state index in [2.05, 4.69) is 15.3 Å². The normalized spacial score (nSPS) is 14.8. The van der Waals surface area contributed by atoms with Crippen LogP contribution in [0.3, 0.4) is 0 Å². The van der Waals surface area contributed by atoms with E-state index in [0.29, 0.717) is 5.39 Å². The van der Waals surface area contributed by atoms with E-state index >= 15 is 0 Å². The third-order valence-corrected chi connectivity index (χ3v) is 5.13. The van der Waals surface area contributed by atoms with Crippen molar-refractivity contribution in [3.05, 3.63) is 64.3 Å². The summed E-state index contributed by atoms with van der Waals surface area (Å²) in [5, 5.41) is 3.19. The fraction of sp³-hybridized carbons (Fsp3) is 0.333. The molecule has 2 unspecified atom stereocenters. The molecule has 0 radical (unpaired) electrons. The molecular weight excluding hydrogens is 418 g/mol. The highest BCUT2D eigenvalue weighted by Crippen LogP contribution is 2.49. The molecule has 0 saturated carbocycles. The number of methoxy groups -OCH3 is 2. The lowest BCUT2D eigenvalue weighted by Gasteiger charge is -2.40. The first-order valence-electron chi connectivity index (χ1n) is 9.24. The number of hydrogen-bond acceptors (Lipinski definition) is 5. The fourth-order valence-electron chi connectivity index (χ4n) is 3.46. The van der Waals surface area contributed by atoms with Crippen molar-refractivity contribution in [3.63, 3.8) is 0 Å². The molecular formula is C21H21F4N3O3. The van der Waals surface area contributed by atoms with Gasteiger partial charge in [0.25, 0.3) is 0 Å². The number of fused-ring (bicyclic) bond motifs is 1. The molecule has 3 aromatic rings. The van der Waals surface area contributed by atoms with E-state index in [1.54, 1.807) is 0 Å². The molecule has 3 rings (SSSR count). The van der Waals surface area contributed by atoms with Crippen LogP contribution in [0.2, 0.25) is 0 Å². The summed E-state index contributed by atoms with van der Waals surface area (Å²) in [4.78, 5) is 18.0. The van der Waals surface area contributed by atoms with Crippen LogP contribution < -0.4 is 15.6 Å². The molecule has 31 heavy (non-hydrogen) atoms. The number of ether oxygens (including phenoxy) is 2. The van der Waals surface area contributed by atoms with Gasteiger partial charge in [0.1, 0.15) is 11.2 Å². The van der Waals surface area contributed by atoms with Crippen LogP contribution >= 0.6 is 0 Å². The van der Waals surface area contributed by atoms with E-state index in [9.17, 15) is 22.4 Å². The van der Waals surface area contributed by atoms with Crippen LogP contribution in [0.25, 0.3) is 10.9 Å². The van der Waals surface area contributed by atoms with Gasteiger partial charge in [0.15, 0.2) is 0 Å². The summed E-state index contributed by atoms with van der Waals surface area (Å²) in [5.74, 6) is -0.594. The molecule has 166 valence electrons. The lowest BCUT2D eigenvalue weighted by molar-refractivity contribution is -0.237. The van der Waals surface area contributed by atoms with Gasteiger partial charge >= 0.3 is 6.18 Å². The second kappa shape index (κ2) is 8.54. The lowest BCUT2D eigenvalue weighted by Crippen LogP contribution is -2.47. The fourth-order valence-corrected chi connectivity index (χ4v) is 3.46. The molecule has 0 spiro atoms. The van der Waals surface area contributed by atoms with Gasteiger partial charge in [-0.3, -0.25) is 4.79 Å². The average molecular weight is 439 g/mol. The van der Waals surface area contributed by atoms with Crippen LogP contribution in [-0.2, 0) is 4.74 Å². The van der Waals surface area contributed by atoms with Gasteiger partial charge in [-0.2, -0.15) is 13.2 Å². The van der Waals surface area contributed by atoms with Crippen LogP contribution in [0, 0.1) is 11.2 Å². The highest BCUT2D eigenvalue weighted by molar-refractivity contribution is 5.91. The minimum Gasteiger partial charge on any atom is -0.481 e. The first-order chi connectivity index (χ1) is 14.6. The minimum atomic E-state index is -4.69. The number of nitrogens with zero attached hydrogens (tertiary/aromatic N) is 1. The third-order valence-electron chi connectivity index (χ3n) is 5.13. The number of anilines is 1. The third kappa shape index (κ3) is 4.48. The summed E-state index contributed by atoms with van der Waals surface area (Å²) in [5.41, 5.74) is -2.42. The van der Waals surface area contributed by atoms with Crippen molar-refractivity contribution < 1.29 is 27.0 Å². The Morgan fingerprint density at radius 1 is 1.16 bits per heavy atom. The Balaban J connectivity index is 2.22. The van der Waals surface area contributed by atoms with Crippen LogP contribution in [0.5, 0.6) is 5.88 Å². The second-order valence-electron chi connectivity index (χ2n) is 7.29. The summed E-state index contributed by atoms with van der Waals surface area (Å²) < 4.78 is 67.0. The van der Waals surface area contributed by atoms with Crippen molar-refractivity contribution in [3.8, 4) is 5.88 Å². The molecule has 0 aliphatic heterocycles. The number of nitrogens with one attached hydrogen (secondary N) is 2. The SMILES string of the molecule is COCC(C)(C(Nc1cc(F)cc2[nH]c(=O)ccc12)c1ccnc(OC)c1)C(F)(F)F. The maximum atomic E-state index is 14.3. The quantitative estimate of drug-likeness (QED) is 0.533. The number of aromatic nitrogens is 2. The van der Waals surface area contributed by atoms with Crippen LogP contribution in [-0.4, -0.2) is 37.0 Å². The van der Waals surface area contributed by atoms with Crippen LogP contribution in [0.4, 0.5) is 23.2 Å². The molecule has 0 amide bonds. The monoisotopic (exact) mass is 439 g/mol. The second-order valence-corrected chi connectivity index (χ2v) is 7.29. The molecule has 0 fully saturated rings. The standard InChI is InChI=1S/C21H21F4N3O3/c1-20(11-30-2,21(23,24)25)19(12-6-7-26-18(8-12)31-3)28-16-10-13(22)9-15-14(16)4-5-17(29)27-15/h4-10,19,28H,11H2,1-3H3,(H,27,29). The van der Waals surface area contributed by atoms with Crippen LogP contribution in [0.15, 0.2) is 47.4 Å². The number of H-pyrrole nitrogens is 1. The number of hydrogen-bond donors (Lipinski definition) is 2. The number of aromatic amines is 1. The Labute approximate surface area is 175 Å². The van der Waals surface area contributed by atoms with Crippen molar-refractivity contribution in [1.82, 2.24) is 9.97 Å². The Hall–Kier alpha value is -3.14. The van der Waals surface area contributed by atoms with E-state index in [0.717, 1.165) is 19.1 Å². The molecule has 2 N–H and O–H groups in total. The van der Waals surface area contributed by atoms with Gasteiger partial charge in [0.2, 0.25) is 11.4 Å². The number of alkyl halides is 3. The number of pyridine rings is 2. The molecule has 6 nitrogen and oxygen atoms in total. The number of rotatable bonds is 7. The zero-order chi connectivity index (χ0) is 22.8. The Morgan fingerprint density at radius 2 is 1.90 bits per heavy atom. The van der Waals surface area contributed by atoms with Gasteiger partial charge in [0.05, 0.1) is 25.3 Å². The first kappa shape index (κ1) is 22.5.